The molecule has 6 saturated heterocycles. The fraction of sp³-hybridized carbons (Fsp3) is 0.757. The van der Waals surface area contributed by atoms with E-state index in [1.165, 1.54) is 24.0 Å². The summed E-state index contributed by atoms with van der Waals surface area (Å²) in [6, 6.07) is -3.03. The lowest BCUT2D eigenvalue weighted by Gasteiger charge is -2.45. The van der Waals surface area contributed by atoms with Gasteiger partial charge in [-0.25, -0.2) is 14.4 Å². The summed E-state index contributed by atoms with van der Waals surface area (Å²) in [5.41, 5.74) is 2.96. The molecule has 6 N–H and O–H groups in total. The van der Waals surface area contributed by atoms with E-state index in [1.807, 2.05) is 128 Å². The van der Waals surface area contributed by atoms with Crippen molar-refractivity contribution in [3.05, 3.63) is 95.2 Å². The van der Waals surface area contributed by atoms with Crippen LogP contribution in [0.1, 0.15) is 270 Å². The van der Waals surface area contributed by atoms with Gasteiger partial charge in [0.15, 0.2) is 11.6 Å². The minimum atomic E-state index is -2.45. The van der Waals surface area contributed by atoms with Crippen molar-refractivity contribution in [1.29, 1.82) is 0 Å². The number of aliphatic hydroxyl groups excluding tert-OH is 4. The van der Waals surface area contributed by atoms with Crippen molar-refractivity contribution in [2.75, 3.05) is 68.2 Å². The Hall–Kier alpha value is -7.26. The third kappa shape index (κ3) is 29.5. The summed E-state index contributed by atoms with van der Waals surface area (Å²) in [7, 11) is 7.83. The zero-order valence-corrected chi connectivity index (χ0v) is 85.0. The van der Waals surface area contributed by atoms with E-state index >= 15 is 0 Å². The number of hydrogen-bond acceptors (Lipinski definition) is 24. The number of likely N-dealkylation sites (tertiary alicyclic amines) is 1. The summed E-state index contributed by atoms with van der Waals surface area (Å²) in [6.07, 6.45) is 29.2. The van der Waals surface area contributed by atoms with Crippen LogP contribution < -0.4 is 0 Å². The molecule has 2 aliphatic carbocycles. The summed E-state index contributed by atoms with van der Waals surface area (Å²) >= 11 is 0. The number of allylic oxidation sites excluding steroid dienone is 12. The second-order valence-electron chi connectivity index (χ2n) is 42.2. The molecule has 2 saturated carbocycles. The highest BCUT2D eigenvalue weighted by atomic mass is 16.6. The highest BCUT2D eigenvalue weighted by molar-refractivity contribution is 6.39. The summed E-state index contributed by atoms with van der Waals surface area (Å²) in [4.78, 5) is 148. The van der Waals surface area contributed by atoms with Crippen molar-refractivity contribution in [3.63, 3.8) is 0 Å². The van der Waals surface area contributed by atoms with Crippen molar-refractivity contribution in [3.8, 4) is 0 Å². The molecular weight excluding hydrogens is 1740 g/mol. The van der Waals surface area contributed by atoms with Crippen molar-refractivity contribution < 1.29 is 116 Å². The Bertz CT molecular complexity index is 4270. The predicted octanol–water partition coefficient (Wildman–Crippen LogP) is 13.3. The van der Waals surface area contributed by atoms with Crippen LogP contribution in [0, 0.1) is 71.0 Å². The normalized spacial score (nSPS) is 40.3. The maximum absolute atomic E-state index is 14.5. The number of fused-ring (bicyclic) bond motifs is 6. The second-order valence-corrected chi connectivity index (χ2v) is 42.2. The number of Topliss-reactive ketones (excluding diaryl/α,β-unsaturated/α-hetero) is 4. The van der Waals surface area contributed by atoms with E-state index in [0.717, 1.165) is 24.0 Å². The molecule has 0 radical (unpaired) electrons. The number of urea groups is 1. The quantitative estimate of drug-likeness (QED) is 0.0457. The molecule has 29 heteroatoms. The average molecular weight is 1910 g/mol. The number of methoxy groups -OCH3 is 4. The number of rotatable bonds is 12. The number of ether oxygens (including phenoxy) is 8. The Morgan fingerprint density at radius 3 is 1.18 bits per heavy atom. The SMILES string of the molecule is CO[C@@H]1C[C@H](C[C@@H](C)[C@@H]2CC[C@H](C)/C=C(\C)[C@@H](O)[C@@H](OC)C(=O)[C@H](C)C[C@H](C)/C=C/C=C/C=C(\C)C(N3CCC3=O)C[C@@H]3CC[C@@H](C)[C@@](O)(O3)C(=O)C(=O)N3CCCC[C@H]3C(=O)O2)CC[C@H]1O.CO[C@@H]1C[C@H](C[C@@H](C)[C@@H]2CC[C@H](C)/C=C(\C)[C@@H](O)[C@@H](OC)C(=O)[C@H](C)C[C@H](C)/C=C/C=C/C=C(\C)C(N3CCN(C)C3=O)C[C@@H]3CC[C@@H](C)[C@@](O)(O3)C(=O)C(=O)N3CCCC[C@H]3C(=O)O2)CC[C@H]1O. The fourth-order valence-corrected chi connectivity index (χ4v) is 22.4. The number of likely N-dealkylation sites (N-methyl/N-ethyl adjacent to an activating group) is 1. The van der Waals surface area contributed by atoms with E-state index in [1.54, 1.807) is 63.7 Å². The first-order valence-electron chi connectivity index (χ1n) is 51.0. The second kappa shape index (κ2) is 52.5. The Balaban J connectivity index is 0.000000305. The lowest BCUT2D eigenvalue weighted by Crippen LogP contribution is -2.61. The molecule has 0 spiro atoms. The molecule has 10 aliphatic rings. The van der Waals surface area contributed by atoms with Gasteiger partial charge in [-0.3, -0.25) is 33.6 Å². The molecule has 30 atom stereocenters. The molecule has 8 heterocycles. The minimum absolute atomic E-state index is 0.00330. The number of aliphatic hydroxyl groups is 6. The molecule has 4 bridgehead atoms. The summed E-state index contributed by atoms with van der Waals surface area (Å²) < 4.78 is 48.0. The number of carbonyl (C=O) groups is 10. The van der Waals surface area contributed by atoms with Crippen LogP contribution in [0.4, 0.5) is 4.79 Å². The lowest BCUT2D eigenvalue weighted by molar-refractivity contribution is -0.265. The van der Waals surface area contributed by atoms with Gasteiger partial charge in [0.25, 0.3) is 23.4 Å². The van der Waals surface area contributed by atoms with Crippen LogP contribution in [0.25, 0.3) is 0 Å². The molecule has 0 aromatic heterocycles. The number of carbonyl (C=O) groups excluding carboxylic acids is 10. The zero-order chi connectivity index (χ0) is 99.9. The number of cyclic esters (lactones) is 2. The number of esters is 2. The van der Waals surface area contributed by atoms with E-state index in [2.05, 4.69) is 13.8 Å². The third-order valence-corrected chi connectivity index (χ3v) is 31.4. The third-order valence-electron chi connectivity index (χ3n) is 31.4. The Labute approximate surface area is 809 Å². The molecule has 136 heavy (non-hydrogen) atoms. The summed E-state index contributed by atoms with van der Waals surface area (Å²) in [5.74, 6) is -12.8. The molecule has 2 unspecified atom stereocenters. The van der Waals surface area contributed by atoms with E-state index in [4.69, 9.17) is 37.9 Å². The molecule has 0 aromatic carbocycles. The number of hydrogen-bond donors (Lipinski definition) is 6. The number of amides is 5. The van der Waals surface area contributed by atoms with E-state index in [-0.39, 0.29) is 115 Å². The van der Waals surface area contributed by atoms with Crippen LogP contribution >= 0.6 is 0 Å². The summed E-state index contributed by atoms with van der Waals surface area (Å²) in [5, 5.41) is 68.3. The molecule has 0 aromatic rings. The van der Waals surface area contributed by atoms with E-state index < -0.39 is 150 Å². The van der Waals surface area contributed by atoms with Gasteiger partial charge in [-0.2, -0.15) is 0 Å². The first-order valence-corrected chi connectivity index (χ1v) is 51.0. The highest BCUT2D eigenvalue weighted by Gasteiger charge is 2.56. The van der Waals surface area contributed by atoms with Gasteiger partial charge >= 0.3 is 18.0 Å². The van der Waals surface area contributed by atoms with Crippen molar-refractivity contribution >= 4 is 58.8 Å². The standard InChI is InChI=1S/C54H85N3O12.C53H82N2O12/c1-33-16-12-11-13-17-35(3)43(57-27-26-55(8)53(57)64)32-41-22-20-39(7)54(65,69-41)50(61)51(62)56-25-15-14-18-42(56)52(63)68-45(36(4)30-40-21-23-44(58)46(31-40)66-9)24-19-34(2)29-38(6)48(60)49(67-10)47(59)37(5)28-33;1-32-15-11-10-12-16-34(3)42(54-26-24-46(54)57)31-40-21-19-38(7)53(63,67-40)50(60)51(61)55-25-14-13-17-41(55)52(62)66-44(35(4)29-39-20-22-43(56)45(30-39)64-8)23-18-33(2)28-37(6)48(59)49(65-9)47(58)36(5)27-32/h11-13,16-17,29,33-34,36-37,39-46,48-49,58,60,65H,14-15,18-28,30-32H2,1-10H3;10-12,15-16,28,32-33,35-36,38-45,48-49,56,59,63H,13-14,17-27,29-31H2,1-9H3/b13-11+,16-12+,35-17+,38-29+;12-10+,15-11+,34-16+,37-28+/t33-,34+,36-,37-,39-,40+,41+,42+,43?,44-,45+,46-,48-,49+,54-;32-,33+,35-,36-,38-,39+,40+,41+,42?,43-,44+,45-,48-,49+,53-/m11/s1. The van der Waals surface area contributed by atoms with E-state index in [0.29, 0.717) is 178 Å². The van der Waals surface area contributed by atoms with Crippen molar-refractivity contribution in [1.82, 2.24) is 24.5 Å². The largest absolute Gasteiger partial charge is 0.461 e. The van der Waals surface area contributed by atoms with Crippen LogP contribution in [0.15, 0.2) is 95.2 Å². The topological polar surface area (TPSA) is 382 Å². The Kier molecular flexibility index (Phi) is 43.4. The molecule has 5 amide bonds. The lowest BCUT2D eigenvalue weighted by atomic mass is 9.78. The fourth-order valence-electron chi connectivity index (χ4n) is 22.4. The van der Waals surface area contributed by atoms with Gasteiger partial charge in [0.2, 0.25) is 17.5 Å². The molecular formula is C107H167N5O24. The van der Waals surface area contributed by atoms with Crippen LogP contribution in [0.2, 0.25) is 0 Å². The van der Waals surface area contributed by atoms with Crippen LogP contribution in [-0.2, 0) is 81.0 Å². The Morgan fingerprint density at radius 1 is 0.412 bits per heavy atom. The van der Waals surface area contributed by atoms with Gasteiger partial charge in [-0.15, -0.1) is 0 Å². The highest BCUT2D eigenvalue weighted by Crippen LogP contribution is 2.43. The van der Waals surface area contributed by atoms with Crippen molar-refractivity contribution in [2.24, 2.45) is 71.0 Å². The number of nitrogens with zero attached hydrogens (tertiary/aromatic N) is 5. The van der Waals surface area contributed by atoms with E-state index in [9.17, 15) is 78.6 Å². The molecule has 764 valence electrons. The maximum atomic E-state index is 14.5. The average Bonchev–Trinajstić information content (AvgIpc) is 0.861. The molecule has 10 rings (SSSR count). The van der Waals surface area contributed by atoms with Gasteiger partial charge < -0.3 is 93.0 Å². The maximum Gasteiger partial charge on any atom is 0.329 e. The zero-order valence-electron chi connectivity index (χ0n) is 85.0. The molecule has 8 aliphatic heterocycles. The van der Waals surface area contributed by atoms with Gasteiger partial charge in [-0.1, -0.05) is 153 Å². The number of ketones is 4. The van der Waals surface area contributed by atoms with Crippen LogP contribution in [0.5, 0.6) is 0 Å². The van der Waals surface area contributed by atoms with Gasteiger partial charge in [0, 0.05) is 98.3 Å². The van der Waals surface area contributed by atoms with Gasteiger partial charge in [-0.05, 0) is 253 Å². The van der Waals surface area contributed by atoms with Crippen LogP contribution in [0.3, 0.4) is 0 Å². The van der Waals surface area contributed by atoms with Crippen molar-refractivity contribution in [2.45, 2.75) is 379 Å². The number of β-lactam (4-membered cyclic amide) rings is 1. The monoisotopic (exact) mass is 1910 g/mol. The first kappa shape index (κ1) is 112. The molecule has 29 nitrogen and oxygen atoms in total. The van der Waals surface area contributed by atoms with Crippen LogP contribution in [-0.4, -0.2) is 291 Å². The summed E-state index contributed by atoms with van der Waals surface area (Å²) in [6.45, 7) is 28.6. The van der Waals surface area contributed by atoms with Gasteiger partial charge in [0.05, 0.1) is 48.7 Å². The first-order chi connectivity index (χ1) is 64.5. The van der Waals surface area contributed by atoms with Gasteiger partial charge in [0.1, 0.15) is 48.7 Å². The number of piperidine rings is 2. The molecule has 8 fully saturated rings. The minimum Gasteiger partial charge on any atom is -0.461 e. The predicted molar refractivity (Wildman–Crippen MR) is 517 cm³/mol. The smallest absolute Gasteiger partial charge is 0.329 e. The Morgan fingerprint density at radius 2 is 0.816 bits per heavy atom.